The lowest BCUT2D eigenvalue weighted by Crippen LogP contribution is -2.47. The van der Waals surface area contributed by atoms with E-state index in [9.17, 15) is 14.9 Å². The van der Waals surface area contributed by atoms with Crippen LogP contribution in [0.15, 0.2) is 69.4 Å². The summed E-state index contributed by atoms with van der Waals surface area (Å²) in [6.45, 7) is 1.93. The van der Waals surface area contributed by atoms with Gasteiger partial charge in [-0.2, -0.15) is 5.26 Å². The Hall–Kier alpha value is -4.25. The fourth-order valence-electron chi connectivity index (χ4n) is 4.29. The molecule has 0 saturated carbocycles. The number of pyridine rings is 1. The van der Waals surface area contributed by atoms with Gasteiger partial charge in [-0.25, -0.2) is 0 Å². The zero-order chi connectivity index (χ0) is 21.0. The van der Waals surface area contributed by atoms with E-state index in [0.29, 0.717) is 22.7 Å². The number of benzene rings is 1. The summed E-state index contributed by atoms with van der Waals surface area (Å²) in [6.07, 6.45) is 1.52. The number of para-hydroxylation sites is 1. The highest BCUT2D eigenvalue weighted by Crippen LogP contribution is 2.51. The third kappa shape index (κ3) is 2.14. The third-order valence-corrected chi connectivity index (χ3v) is 5.61. The number of aryl methyl sites for hydroxylation is 1. The first-order valence-electron chi connectivity index (χ1n) is 9.25. The van der Waals surface area contributed by atoms with Crippen LogP contribution in [0.25, 0.3) is 0 Å². The highest BCUT2D eigenvalue weighted by atomic mass is 16.5. The number of nitriles is 1. The number of hydrogen-bond acceptors (Lipinski definition) is 6. The molecule has 8 nitrogen and oxygen atoms in total. The van der Waals surface area contributed by atoms with E-state index in [1.165, 1.54) is 10.8 Å². The average molecular weight is 400 g/mol. The van der Waals surface area contributed by atoms with Gasteiger partial charge in [0.2, 0.25) is 11.8 Å². The topological polar surface area (TPSA) is 123 Å². The molecule has 0 bridgehead atoms. The maximum absolute atomic E-state index is 13.7. The molecule has 148 valence electrons. The van der Waals surface area contributed by atoms with Gasteiger partial charge in [-0.3, -0.25) is 9.59 Å². The molecule has 2 aliphatic rings. The Morgan fingerprint density at radius 2 is 2.03 bits per heavy atom. The number of hydrogen-bond donors (Lipinski definition) is 2. The molecule has 0 aliphatic carbocycles. The SMILES string of the molecule is Cc1cc2c(c(=O)n1Cc1ccco1)[C@]1(C(=O)Nc3ccccc31)C(C#N)=C(N)O2. The Labute approximate surface area is 170 Å². The minimum absolute atomic E-state index is 0.0628. The van der Waals surface area contributed by atoms with Crippen molar-refractivity contribution in [1.29, 1.82) is 5.26 Å². The summed E-state index contributed by atoms with van der Waals surface area (Å²) in [5.74, 6) is 0.0343. The molecule has 2 aromatic heterocycles. The van der Waals surface area contributed by atoms with Gasteiger partial charge in [0.1, 0.15) is 23.2 Å². The van der Waals surface area contributed by atoms with Crippen LogP contribution in [0.2, 0.25) is 0 Å². The van der Waals surface area contributed by atoms with Gasteiger partial charge in [0.25, 0.3) is 5.56 Å². The Morgan fingerprint density at radius 3 is 2.77 bits per heavy atom. The lowest BCUT2D eigenvalue weighted by Gasteiger charge is -2.33. The number of amides is 1. The van der Waals surface area contributed by atoms with Crippen molar-refractivity contribution in [2.75, 3.05) is 5.32 Å². The van der Waals surface area contributed by atoms with Crippen molar-refractivity contribution >= 4 is 11.6 Å². The second kappa shape index (κ2) is 6.12. The molecule has 0 unspecified atom stereocenters. The molecule has 5 rings (SSSR count). The average Bonchev–Trinajstić information content (AvgIpc) is 3.32. The van der Waals surface area contributed by atoms with Crippen LogP contribution in [0.4, 0.5) is 5.69 Å². The van der Waals surface area contributed by atoms with E-state index in [1.807, 2.05) is 6.07 Å². The number of carbonyl (C=O) groups is 1. The summed E-state index contributed by atoms with van der Waals surface area (Å²) in [5, 5.41) is 12.7. The van der Waals surface area contributed by atoms with Crippen LogP contribution in [0.5, 0.6) is 5.75 Å². The zero-order valence-corrected chi connectivity index (χ0v) is 15.9. The van der Waals surface area contributed by atoms with Crippen molar-refractivity contribution in [3.05, 3.63) is 93.1 Å². The summed E-state index contributed by atoms with van der Waals surface area (Å²) in [6, 6.07) is 14.1. The van der Waals surface area contributed by atoms with Crippen molar-refractivity contribution in [1.82, 2.24) is 4.57 Å². The predicted molar refractivity (Wildman–Crippen MR) is 107 cm³/mol. The van der Waals surface area contributed by atoms with Crippen LogP contribution in [0.1, 0.15) is 22.6 Å². The number of nitrogens with one attached hydrogen (secondary N) is 1. The standard InChI is InChI=1S/C22H16N4O4/c1-12-9-17-18(20(27)26(12)11-13-5-4-8-29-13)22(15(10-23)19(24)30-17)14-6-2-3-7-16(14)25-21(22)28/h2-9H,11,24H2,1H3,(H,25,28)/t22-/m1/s1. The molecule has 8 heteroatoms. The van der Waals surface area contributed by atoms with Crippen LogP contribution in [0.3, 0.4) is 0 Å². The van der Waals surface area contributed by atoms with E-state index < -0.39 is 16.9 Å². The second-order valence-corrected chi connectivity index (χ2v) is 7.20. The molecule has 1 atom stereocenters. The Kier molecular flexibility index (Phi) is 3.64. The first-order valence-corrected chi connectivity index (χ1v) is 9.25. The van der Waals surface area contributed by atoms with Gasteiger partial charge in [-0.05, 0) is 25.1 Å². The first kappa shape index (κ1) is 17.8. The number of carbonyl (C=O) groups excluding carboxylic acids is 1. The molecule has 1 spiro atoms. The predicted octanol–water partition coefficient (Wildman–Crippen LogP) is 2.12. The van der Waals surface area contributed by atoms with Crippen LogP contribution < -0.4 is 21.3 Å². The summed E-state index contributed by atoms with van der Waals surface area (Å²) >= 11 is 0. The van der Waals surface area contributed by atoms with Crippen molar-refractivity contribution in [2.45, 2.75) is 18.9 Å². The number of fused-ring (bicyclic) bond motifs is 4. The highest BCUT2D eigenvalue weighted by Gasteiger charge is 2.58. The molecule has 0 saturated heterocycles. The fourth-order valence-corrected chi connectivity index (χ4v) is 4.29. The molecule has 0 fully saturated rings. The fraction of sp³-hybridized carbons (Fsp3) is 0.136. The second-order valence-electron chi connectivity index (χ2n) is 7.20. The lowest BCUT2D eigenvalue weighted by molar-refractivity contribution is -0.118. The minimum atomic E-state index is -1.68. The van der Waals surface area contributed by atoms with Crippen molar-refractivity contribution in [3.63, 3.8) is 0 Å². The number of furan rings is 1. The van der Waals surface area contributed by atoms with Gasteiger partial charge in [0.15, 0.2) is 5.41 Å². The van der Waals surface area contributed by atoms with Gasteiger partial charge < -0.3 is 24.8 Å². The van der Waals surface area contributed by atoms with Crippen molar-refractivity contribution in [2.24, 2.45) is 5.73 Å². The van der Waals surface area contributed by atoms with E-state index in [1.54, 1.807) is 49.4 Å². The van der Waals surface area contributed by atoms with Gasteiger partial charge in [0, 0.05) is 23.0 Å². The first-order chi connectivity index (χ1) is 14.5. The van der Waals surface area contributed by atoms with E-state index in [-0.39, 0.29) is 29.3 Å². The quantitative estimate of drug-likeness (QED) is 0.679. The number of ether oxygens (including phenoxy) is 1. The molecule has 4 heterocycles. The molecule has 1 aromatic carbocycles. The summed E-state index contributed by atoms with van der Waals surface area (Å²) < 4.78 is 12.5. The Balaban J connectivity index is 1.87. The van der Waals surface area contributed by atoms with E-state index in [0.717, 1.165) is 0 Å². The minimum Gasteiger partial charge on any atom is -0.467 e. The van der Waals surface area contributed by atoms with Gasteiger partial charge in [0.05, 0.1) is 18.4 Å². The van der Waals surface area contributed by atoms with E-state index in [2.05, 4.69) is 5.32 Å². The van der Waals surface area contributed by atoms with Gasteiger partial charge in [-0.15, -0.1) is 0 Å². The van der Waals surface area contributed by atoms with Crippen LogP contribution in [0, 0.1) is 18.3 Å². The Bertz CT molecular complexity index is 1340. The highest BCUT2D eigenvalue weighted by molar-refractivity contribution is 6.12. The molecule has 0 radical (unpaired) electrons. The maximum Gasteiger partial charge on any atom is 0.259 e. The normalized spacial score (nSPS) is 19.1. The number of rotatable bonds is 2. The molecule has 3 N–H and O–H groups in total. The van der Waals surface area contributed by atoms with Crippen LogP contribution >= 0.6 is 0 Å². The van der Waals surface area contributed by atoms with Crippen LogP contribution in [-0.4, -0.2) is 10.5 Å². The maximum atomic E-state index is 13.7. The van der Waals surface area contributed by atoms with E-state index >= 15 is 0 Å². The monoisotopic (exact) mass is 400 g/mol. The smallest absolute Gasteiger partial charge is 0.259 e. The number of aromatic nitrogens is 1. The van der Waals surface area contributed by atoms with E-state index in [4.69, 9.17) is 14.9 Å². The largest absolute Gasteiger partial charge is 0.467 e. The molecule has 2 aliphatic heterocycles. The number of nitrogens with zero attached hydrogens (tertiary/aromatic N) is 2. The zero-order valence-electron chi connectivity index (χ0n) is 15.9. The molecular weight excluding hydrogens is 384 g/mol. The molecule has 30 heavy (non-hydrogen) atoms. The van der Waals surface area contributed by atoms with Gasteiger partial charge >= 0.3 is 0 Å². The molecule has 3 aromatic rings. The lowest BCUT2D eigenvalue weighted by atomic mass is 9.69. The number of nitrogens with two attached hydrogens (primary N) is 1. The van der Waals surface area contributed by atoms with Crippen LogP contribution in [-0.2, 0) is 16.8 Å². The van der Waals surface area contributed by atoms with Crippen molar-refractivity contribution < 1.29 is 13.9 Å². The third-order valence-electron chi connectivity index (χ3n) is 5.61. The summed E-state index contributed by atoms with van der Waals surface area (Å²) in [4.78, 5) is 27.1. The number of anilines is 1. The van der Waals surface area contributed by atoms with Gasteiger partial charge in [-0.1, -0.05) is 18.2 Å². The summed E-state index contributed by atoms with van der Waals surface area (Å²) in [7, 11) is 0. The Morgan fingerprint density at radius 1 is 1.23 bits per heavy atom. The molecular formula is C22H16N4O4. The molecule has 1 amide bonds. The summed E-state index contributed by atoms with van der Waals surface area (Å²) in [5.41, 5.74) is 5.49. The van der Waals surface area contributed by atoms with Crippen molar-refractivity contribution in [3.8, 4) is 11.8 Å².